The molecule has 2 aromatic carbocycles. The number of para-hydroxylation sites is 1. The summed E-state index contributed by atoms with van der Waals surface area (Å²) in [5.41, 5.74) is 3.12. The standard InChI is InChI=1S/C19H18N2OS.C2H6/c1-3-7-18(23)19(22)20-13-10-11-17-15(12-13)14-8-5-6-9-16(14)21(17)4-2;1-2/h3,5-12,23H,1,4H2,2H3,(H,20,22);1-2H3/b18-7-;. The van der Waals surface area contributed by atoms with E-state index in [9.17, 15) is 4.79 Å². The van der Waals surface area contributed by atoms with Crippen molar-refractivity contribution in [1.29, 1.82) is 0 Å². The molecule has 1 heterocycles. The topological polar surface area (TPSA) is 34.0 Å². The van der Waals surface area contributed by atoms with Gasteiger partial charge in [-0.3, -0.25) is 4.79 Å². The number of benzene rings is 2. The van der Waals surface area contributed by atoms with Gasteiger partial charge in [-0.05, 0) is 37.3 Å². The van der Waals surface area contributed by atoms with E-state index in [1.54, 1.807) is 12.2 Å². The van der Waals surface area contributed by atoms with Crippen LogP contribution in [0.1, 0.15) is 20.8 Å². The highest BCUT2D eigenvalue weighted by molar-refractivity contribution is 7.85. The van der Waals surface area contributed by atoms with Gasteiger partial charge in [0.1, 0.15) is 0 Å². The minimum Gasteiger partial charge on any atom is -0.341 e. The first-order valence-corrected chi connectivity index (χ1v) is 8.94. The van der Waals surface area contributed by atoms with Crippen LogP contribution in [0.4, 0.5) is 5.69 Å². The zero-order valence-electron chi connectivity index (χ0n) is 14.9. The molecule has 0 aliphatic rings. The second-order valence-corrected chi connectivity index (χ2v) is 5.72. The van der Waals surface area contributed by atoms with Gasteiger partial charge in [-0.2, -0.15) is 0 Å². The lowest BCUT2D eigenvalue weighted by molar-refractivity contribution is -0.112. The Balaban J connectivity index is 0.00000109. The van der Waals surface area contributed by atoms with Crippen molar-refractivity contribution < 1.29 is 4.79 Å². The molecule has 3 rings (SSSR count). The maximum atomic E-state index is 12.1. The first-order valence-electron chi connectivity index (χ1n) is 8.49. The van der Waals surface area contributed by atoms with Gasteiger partial charge in [0.25, 0.3) is 5.91 Å². The molecule has 0 aliphatic carbocycles. The number of hydrogen-bond acceptors (Lipinski definition) is 2. The van der Waals surface area contributed by atoms with E-state index in [4.69, 9.17) is 0 Å². The Morgan fingerprint density at radius 1 is 1.16 bits per heavy atom. The molecule has 1 amide bonds. The van der Waals surface area contributed by atoms with Crippen LogP contribution in [0.25, 0.3) is 21.8 Å². The summed E-state index contributed by atoms with van der Waals surface area (Å²) in [5, 5.41) is 5.19. The fourth-order valence-corrected chi connectivity index (χ4v) is 3.02. The van der Waals surface area contributed by atoms with Gasteiger partial charge in [-0.25, -0.2) is 0 Å². The summed E-state index contributed by atoms with van der Waals surface area (Å²) in [4.78, 5) is 12.4. The molecular formula is C21H24N2OS. The van der Waals surface area contributed by atoms with Crippen LogP contribution in [0.3, 0.4) is 0 Å². The van der Waals surface area contributed by atoms with Crippen LogP contribution in [0, 0.1) is 0 Å². The van der Waals surface area contributed by atoms with E-state index >= 15 is 0 Å². The fraction of sp³-hybridized carbons (Fsp3) is 0.190. The molecule has 0 fully saturated rings. The van der Waals surface area contributed by atoms with Crippen molar-refractivity contribution in [2.75, 3.05) is 5.32 Å². The normalized spacial score (nSPS) is 11.1. The van der Waals surface area contributed by atoms with Crippen LogP contribution >= 0.6 is 12.6 Å². The Bertz CT molecular complexity index is 938. The van der Waals surface area contributed by atoms with E-state index in [1.807, 2.05) is 44.2 Å². The first kappa shape index (κ1) is 18.9. The molecule has 0 spiro atoms. The molecule has 0 saturated carbocycles. The van der Waals surface area contributed by atoms with E-state index in [2.05, 4.69) is 48.1 Å². The quantitative estimate of drug-likeness (QED) is 0.348. The number of aryl methyl sites for hydroxylation is 1. The van der Waals surface area contributed by atoms with Crippen LogP contribution in [-0.2, 0) is 11.3 Å². The third-order valence-corrected chi connectivity index (χ3v) is 4.21. The first-order chi connectivity index (χ1) is 12.2. The summed E-state index contributed by atoms with van der Waals surface area (Å²) in [6.07, 6.45) is 3.11. The summed E-state index contributed by atoms with van der Waals surface area (Å²) < 4.78 is 2.28. The van der Waals surface area contributed by atoms with Crippen molar-refractivity contribution in [3.05, 3.63) is 66.1 Å². The van der Waals surface area contributed by atoms with Gasteiger partial charge in [0.05, 0.1) is 4.91 Å². The highest BCUT2D eigenvalue weighted by Gasteiger charge is 2.11. The van der Waals surface area contributed by atoms with Crippen molar-refractivity contribution in [1.82, 2.24) is 4.57 Å². The molecule has 0 radical (unpaired) electrons. The summed E-state index contributed by atoms with van der Waals surface area (Å²) in [5.74, 6) is -0.244. The number of anilines is 1. The summed E-state index contributed by atoms with van der Waals surface area (Å²) in [6.45, 7) is 10.6. The Morgan fingerprint density at radius 2 is 1.84 bits per heavy atom. The second-order valence-electron chi connectivity index (χ2n) is 5.24. The zero-order chi connectivity index (χ0) is 18.4. The van der Waals surface area contributed by atoms with Gasteiger partial charge < -0.3 is 9.88 Å². The molecule has 0 aliphatic heterocycles. The SMILES string of the molecule is C=C/C=C(\S)C(=O)Nc1ccc2c(c1)c1ccccc1n2CC.CC. The van der Waals surface area contributed by atoms with Crippen molar-refractivity contribution in [3.8, 4) is 0 Å². The fourth-order valence-electron chi connectivity index (χ4n) is 2.85. The van der Waals surface area contributed by atoms with Gasteiger partial charge in [0.2, 0.25) is 0 Å². The minimum atomic E-state index is -0.244. The number of carbonyl (C=O) groups excluding carboxylic acids is 1. The maximum absolute atomic E-state index is 12.1. The molecule has 0 atom stereocenters. The average molecular weight is 353 g/mol. The lowest BCUT2D eigenvalue weighted by atomic mass is 10.1. The molecule has 0 unspecified atom stereocenters. The number of carbonyl (C=O) groups is 1. The number of fused-ring (bicyclic) bond motifs is 3. The molecule has 1 aromatic heterocycles. The number of nitrogens with zero attached hydrogens (tertiary/aromatic N) is 1. The monoisotopic (exact) mass is 352 g/mol. The van der Waals surface area contributed by atoms with Crippen molar-refractivity contribution in [3.63, 3.8) is 0 Å². The van der Waals surface area contributed by atoms with Gasteiger partial charge in [-0.1, -0.05) is 44.7 Å². The van der Waals surface area contributed by atoms with Crippen molar-refractivity contribution >= 4 is 46.0 Å². The Morgan fingerprint density at radius 3 is 2.52 bits per heavy atom. The number of hydrogen-bond donors (Lipinski definition) is 2. The van der Waals surface area contributed by atoms with Gasteiger partial charge in [-0.15, -0.1) is 12.6 Å². The highest BCUT2D eigenvalue weighted by atomic mass is 32.1. The van der Waals surface area contributed by atoms with Crippen molar-refractivity contribution in [2.45, 2.75) is 27.3 Å². The van der Waals surface area contributed by atoms with E-state index < -0.39 is 0 Å². The molecule has 3 aromatic rings. The Kier molecular flexibility index (Phi) is 6.48. The molecule has 0 saturated heterocycles. The predicted molar refractivity (Wildman–Crippen MR) is 112 cm³/mol. The van der Waals surface area contributed by atoms with Crippen molar-refractivity contribution in [2.24, 2.45) is 0 Å². The molecular weight excluding hydrogens is 328 g/mol. The summed E-state index contributed by atoms with van der Waals surface area (Å²) in [6, 6.07) is 14.3. The summed E-state index contributed by atoms with van der Waals surface area (Å²) in [7, 11) is 0. The van der Waals surface area contributed by atoms with E-state index in [0.717, 1.165) is 17.6 Å². The Labute approximate surface area is 154 Å². The molecule has 25 heavy (non-hydrogen) atoms. The molecule has 1 N–H and O–H groups in total. The number of allylic oxidation sites excluding steroid dienone is 2. The number of rotatable bonds is 4. The molecule has 130 valence electrons. The van der Waals surface area contributed by atoms with Crippen LogP contribution in [0.2, 0.25) is 0 Å². The number of aromatic nitrogens is 1. The van der Waals surface area contributed by atoms with Crippen LogP contribution in [0.15, 0.2) is 66.1 Å². The average Bonchev–Trinajstić information content (AvgIpc) is 2.96. The lowest BCUT2D eigenvalue weighted by Gasteiger charge is -2.06. The second kappa shape index (κ2) is 8.58. The largest absolute Gasteiger partial charge is 0.341 e. The van der Waals surface area contributed by atoms with Gasteiger partial charge >= 0.3 is 0 Å². The van der Waals surface area contributed by atoms with E-state index in [0.29, 0.717) is 4.91 Å². The maximum Gasteiger partial charge on any atom is 0.261 e. The number of nitrogens with one attached hydrogen (secondary N) is 1. The smallest absolute Gasteiger partial charge is 0.261 e. The lowest BCUT2D eigenvalue weighted by Crippen LogP contribution is -2.11. The van der Waals surface area contributed by atoms with Gasteiger partial charge in [0.15, 0.2) is 0 Å². The highest BCUT2D eigenvalue weighted by Crippen LogP contribution is 2.31. The predicted octanol–water partition coefficient (Wildman–Crippen LogP) is 5.78. The van der Waals surface area contributed by atoms with Crippen LogP contribution < -0.4 is 5.32 Å². The molecule has 0 bridgehead atoms. The zero-order valence-corrected chi connectivity index (χ0v) is 15.8. The number of thiol groups is 1. The summed E-state index contributed by atoms with van der Waals surface area (Å²) >= 11 is 4.16. The third-order valence-electron chi connectivity index (χ3n) is 3.85. The Hall–Kier alpha value is -2.46. The van der Waals surface area contributed by atoms with Gasteiger partial charge in [0, 0.05) is 34.0 Å². The molecule has 3 nitrogen and oxygen atoms in total. The molecule has 4 heteroatoms. The van der Waals surface area contributed by atoms with Crippen LogP contribution in [-0.4, -0.2) is 10.5 Å². The van der Waals surface area contributed by atoms with E-state index in [-0.39, 0.29) is 5.91 Å². The number of amides is 1. The van der Waals surface area contributed by atoms with Crippen LogP contribution in [0.5, 0.6) is 0 Å². The van der Waals surface area contributed by atoms with E-state index in [1.165, 1.54) is 16.4 Å². The minimum absolute atomic E-state index is 0.244. The third kappa shape index (κ3) is 3.80.